The molecule has 14 heavy (non-hydrogen) atoms. The predicted octanol–water partition coefficient (Wildman–Crippen LogP) is 4.20. The lowest BCUT2D eigenvalue weighted by Crippen LogP contribution is -1.94. The molecule has 1 nitrogen and oxygen atoms in total. The van der Waals surface area contributed by atoms with Crippen molar-refractivity contribution in [1.29, 1.82) is 0 Å². The monoisotopic (exact) mass is 251 g/mol. The molecule has 2 heteroatoms. The third kappa shape index (κ3) is 1.71. The zero-order valence-electron chi connectivity index (χ0n) is 8.33. The number of unbranched alkanes of at least 4 members (excludes halogenated alkanes) is 1. The average molecular weight is 252 g/mol. The highest BCUT2D eigenvalue weighted by Gasteiger charge is 2.02. The Balaban J connectivity index is 2.42. The number of hydrogen-bond donors (Lipinski definition) is 0. The largest absolute Gasteiger partial charge is 0.347 e. The highest BCUT2D eigenvalue weighted by atomic mass is 79.9. The van der Waals surface area contributed by atoms with E-state index < -0.39 is 0 Å². The second kappa shape index (κ2) is 4.18. The van der Waals surface area contributed by atoms with Crippen LogP contribution in [0.2, 0.25) is 0 Å². The van der Waals surface area contributed by atoms with Gasteiger partial charge in [0, 0.05) is 28.1 Å². The van der Waals surface area contributed by atoms with Gasteiger partial charge >= 0.3 is 0 Å². The predicted molar refractivity (Wildman–Crippen MR) is 64.5 cm³/mol. The maximum atomic E-state index is 3.57. The standard InChI is InChI=1S/C12H14BrN/c1-2-3-8-14-9-7-10-11(13)5-4-6-12(10)14/h4-7,9H,2-3,8H2,1H3. The molecule has 0 aliphatic carbocycles. The molecule has 0 N–H and O–H groups in total. The van der Waals surface area contributed by atoms with Crippen molar-refractivity contribution in [3.05, 3.63) is 34.9 Å². The van der Waals surface area contributed by atoms with Gasteiger partial charge in [0.1, 0.15) is 0 Å². The van der Waals surface area contributed by atoms with Crippen molar-refractivity contribution in [2.75, 3.05) is 0 Å². The van der Waals surface area contributed by atoms with E-state index in [-0.39, 0.29) is 0 Å². The fourth-order valence-corrected chi connectivity index (χ4v) is 2.20. The lowest BCUT2D eigenvalue weighted by molar-refractivity contribution is 0.650. The molecule has 0 saturated heterocycles. The third-order valence-electron chi connectivity index (χ3n) is 2.51. The summed E-state index contributed by atoms with van der Waals surface area (Å²) in [4.78, 5) is 0. The number of aryl methyl sites for hydroxylation is 1. The molecule has 0 spiro atoms. The van der Waals surface area contributed by atoms with E-state index in [9.17, 15) is 0 Å². The molecule has 0 aliphatic heterocycles. The first-order valence-corrected chi connectivity index (χ1v) is 5.85. The first-order chi connectivity index (χ1) is 6.83. The first kappa shape index (κ1) is 9.78. The molecule has 0 unspecified atom stereocenters. The zero-order chi connectivity index (χ0) is 9.97. The van der Waals surface area contributed by atoms with Crippen molar-refractivity contribution >= 4 is 26.8 Å². The Morgan fingerprint density at radius 1 is 1.29 bits per heavy atom. The lowest BCUT2D eigenvalue weighted by Gasteiger charge is -2.03. The summed E-state index contributed by atoms with van der Waals surface area (Å²) >= 11 is 3.57. The van der Waals surface area contributed by atoms with Crippen molar-refractivity contribution in [1.82, 2.24) is 4.57 Å². The zero-order valence-corrected chi connectivity index (χ0v) is 9.92. The summed E-state index contributed by atoms with van der Waals surface area (Å²) in [5.41, 5.74) is 1.33. The third-order valence-corrected chi connectivity index (χ3v) is 3.20. The molecule has 0 radical (unpaired) electrons. The van der Waals surface area contributed by atoms with Crippen LogP contribution in [0, 0.1) is 0 Å². The number of fused-ring (bicyclic) bond motifs is 1. The number of benzene rings is 1. The SMILES string of the molecule is CCCCn1ccc2c(Br)cccc21. The summed E-state index contributed by atoms with van der Waals surface area (Å²) in [6.07, 6.45) is 4.66. The molecule has 2 aromatic rings. The number of hydrogen-bond acceptors (Lipinski definition) is 0. The van der Waals surface area contributed by atoms with Gasteiger partial charge in [0.2, 0.25) is 0 Å². The van der Waals surface area contributed by atoms with E-state index in [2.05, 4.69) is 57.9 Å². The van der Waals surface area contributed by atoms with Crippen LogP contribution in [-0.2, 0) is 6.54 Å². The Kier molecular flexibility index (Phi) is 2.92. The second-order valence-corrected chi connectivity index (χ2v) is 4.39. The molecule has 0 amide bonds. The molecule has 0 fully saturated rings. The number of nitrogens with zero attached hydrogens (tertiary/aromatic N) is 1. The van der Waals surface area contributed by atoms with Crippen LogP contribution in [0.3, 0.4) is 0 Å². The van der Waals surface area contributed by atoms with E-state index in [0.717, 1.165) is 6.54 Å². The Morgan fingerprint density at radius 2 is 2.14 bits per heavy atom. The summed E-state index contributed by atoms with van der Waals surface area (Å²) in [6, 6.07) is 8.53. The van der Waals surface area contributed by atoms with E-state index in [0.29, 0.717) is 0 Å². The van der Waals surface area contributed by atoms with Gasteiger partial charge in [-0.2, -0.15) is 0 Å². The van der Waals surface area contributed by atoms with Gasteiger partial charge in [-0.1, -0.05) is 35.3 Å². The molecule has 1 heterocycles. The minimum absolute atomic E-state index is 1.12. The van der Waals surface area contributed by atoms with E-state index in [1.807, 2.05) is 0 Å². The van der Waals surface area contributed by atoms with Gasteiger partial charge in [-0.25, -0.2) is 0 Å². The van der Waals surface area contributed by atoms with E-state index in [1.54, 1.807) is 0 Å². The van der Waals surface area contributed by atoms with E-state index in [1.165, 1.54) is 28.2 Å². The number of aromatic nitrogens is 1. The average Bonchev–Trinajstić information content (AvgIpc) is 2.60. The maximum Gasteiger partial charge on any atom is 0.0491 e. The maximum absolute atomic E-state index is 3.57. The normalized spacial score (nSPS) is 11.0. The highest BCUT2D eigenvalue weighted by Crippen LogP contribution is 2.24. The molecule has 1 aromatic heterocycles. The lowest BCUT2D eigenvalue weighted by atomic mass is 10.2. The van der Waals surface area contributed by atoms with Gasteiger partial charge in [0.25, 0.3) is 0 Å². The van der Waals surface area contributed by atoms with Crippen molar-refractivity contribution in [2.24, 2.45) is 0 Å². The fraction of sp³-hybridized carbons (Fsp3) is 0.333. The topological polar surface area (TPSA) is 4.93 Å². The van der Waals surface area contributed by atoms with Crippen molar-refractivity contribution in [2.45, 2.75) is 26.3 Å². The minimum atomic E-state index is 1.12. The highest BCUT2D eigenvalue weighted by molar-refractivity contribution is 9.10. The van der Waals surface area contributed by atoms with Crippen LogP contribution >= 0.6 is 15.9 Å². The molecule has 0 aliphatic rings. The van der Waals surface area contributed by atoms with Crippen LogP contribution in [0.1, 0.15) is 19.8 Å². The quantitative estimate of drug-likeness (QED) is 0.771. The molecule has 0 saturated carbocycles. The smallest absolute Gasteiger partial charge is 0.0491 e. The summed E-state index contributed by atoms with van der Waals surface area (Å²) < 4.78 is 3.51. The van der Waals surface area contributed by atoms with Crippen LogP contribution in [0.4, 0.5) is 0 Å². The van der Waals surface area contributed by atoms with Crippen LogP contribution in [0.5, 0.6) is 0 Å². The van der Waals surface area contributed by atoms with Gasteiger partial charge in [0.15, 0.2) is 0 Å². The van der Waals surface area contributed by atoms with Crippen LogP contribution in [0.25, 0.3) is 10.9 Å². The van der Waals surface area contributed by atoms with Crippen LogP contribution < -0.4 is 0 Å². The van der Waals surface area contributed by atoms with E-state index in [4.69, 9.17) is 0 Å². The molecular weight excluding hydrogens is 238 g/mol. The summed E-state index contributed by atoms with van der Waals surface area (Å²) in [7, 11) is 0. The molecule has 1 aromatic carbocycles. The molecule has 74 valence electrons. The van der Waals surface area contributed by atoms with E-state index >= 15 is 0 Å². The molecular formula is C12H14BrN. The summed E-state index contributed by atoms with van der Waals surface area (Å²) in [5.74, 6) is 0. The Labute approximate surface area is 92.9 Å². The minimum Gasteiger partial charge on any atom is -0.347 e. The summed E-state index contributed by atoms with van der Waals surface area (Å²) in [5, 5.41) is 1.31. The van der Waals surface area contributed by atoms with Gasteiger partial charge in [-0.3, -0.25) is 0 Å². The molecule has 0 atom stereocenters. The van der Waals surface area contributed by atoms with Crippen LogP contribution in [0.15, 0.2) is 34.9 Å². The molecule has 2 rings (SSSR count). The molecule has 0 bridgehead atoms. The number of rotatable bonds is 3. The Hall–Kier alpha value is -0.760. The van der Waals surface area contributed by atoms with Gasteiger partial charge < -0.3 is 4.57 Å². The van der Waals surface area contributed by atoms with Crippen molar-refractivity contribution in [3.63, 3.8) is 0 Å². The van der Waals surface area contributed by atoms with Crippen LogP contribution in [-0.4, -0.2) is 4.57 Å². The summed E-state index contributed by atoms with van der Waals surface area (Å²) in [6.45, 7) is 3.35. The van der Waals surface area contributed by atoms with Gasteiger partial charge in [0.05, 0.1) is 0 Å². The second-order valence-electron chi connectivity index (χ2n) is 3.54. The Morgan fingerprint density at radius 3 is 2.93 bits per heavy atom. The van der Waals surface area contributed by atoms with Gasteiger partial charge in [-0.05, 0) is 24.6 Å². The Bertz CT molecular complexity index is 431. The van der Waals surface area contributed by atoms with Gasteiger partial charge in [-0.15, -0.1) is 0 Å². The fourth-order valence-electron chi connectivity index (χ4n) is 1.71. The van der Waals surface area contributed by atoms with Crippen molar-refractivity contribution in [3.8, 4) is 0 Å². The number of halogens is 1. The first-order valence-electron chi connectivity index (χ1n) is 5.06. The van der Waals surface area contributed by atoms with Crippen molar-refractivity contribution < 1.29 is 0 Å².